The monoisotopic (exact) mass is 285 g/mol. The average Bonchev–Trinajstić information content (AvgIpc) is 3.04. The maximum absolute atomic E-state index is 12.2. The number of rotatable bonds is 4. The van der Waals surface area contributed by atoms with E-state index in [1.807, 2.05) is 24.3 Å². The average molecular weight is 285 g/mol. The van der Waals surface area contributed by atoms with Gasteiger partial charge in [0.1, 0.15) is 12.6 Å². The highest BCUT2D eigenvalue weighted by atomic mass is 16.2. The van der Waals surface area contributed by atoms with Crippen LogP contribution in [-0.2, 0) is 22.6 Å². The Bertz CT molecular complexity index is 669. The maximum atomic E-state index is 12.2. The molecule has 2 aromatic rings. The molecule has 0 radical (unpaired) electrons. The molecule has 1 aliphatic heterocycles. The lowest BCUT2D eigenvalue weighted by atomic mass is 10.1. The van der Waals surface area contributed by atoms with Crippen LogP contribution in [0.15, 0.2) is 36.7 Å². The smallest absolute Gasteiger partial charge is 0.247 e. The Morgan fingerprint density at radius 2 is 2.24 bits per heavy atom. The van der Waals surface area contributed by atoms with Gasteiger partial charge in [0.2, 0.25) is 11.8 Å². The minimum absolute atomic E-state index is 0.0109. The Morgan fingerprint density at radius 3 is 3.00 bits per heavy atom. The van der Waals surface area contributed by atoms with Crippen molar-refractivity contribution in [3.8, 4) is 0 Å². The fourth-order valence-corrected chi connectivity index (χ4v) is 2.36. The first-order valence-electron chi connectivity index (χ1n) is 6.58. The molecule has 1 atom stereocenters. The van der Waals surface area contributed by atoms with Gasteiger partial charge in [0.25, 0.3) is 0 Å². The minimum Gasteiger partial charge on any atom is -0.373 e. The summed E-state index contributed by atoms with van der Waals surface area (Å²) >= 11 is 0. The number of fused-ring (bicyclic) bond motifs is 1. The molecule has 2 heterocycles. The molecule has 1 aromatic carbocycles. The quantitative estimate of drug-likeness (QED) is 0.754. The van der Waals surface area contributed by atoms with Crippen LogP contribution in [0.5, 0.6) is 0 Å². The first-order valence-corrected chi connectivity index (χ1v) is 6.58. The minimum atomic E-state index is -0.483. The number of aromatic nitrogens is 2. The predicted molar refractivity (Wildman–Crippen MR) is 77.6 cm³/mol. The fourth-order valence-electron chi connectivity index (χ4n) is 2.36. The van der Waals surface area contributed by atoms with E-state index < -0.39 is 5.91 Å². The summed E-state index contributed by atoms with van der Waals surface area (Å²) in [6.07, 6.45) is 3.71. The first-order chi connectivity index (χ1) is 10.1. The van der Waals surface area contributed by atoms with Crippen LogP contribution in [0.3, 0.4) is 0 Å². The van der Waals surface area contributed by atoms with Crippen molar-refractivity contribution in [3.05, 3.63) is 42.2 Å². The Hall–Kier alpha value is -2.83. The molecule has 0 fully saturated rings. The van der Waals surface area contributed by atoms with Crippen molar-refractivity contribution in [3.63, 3.8) is 0 Å². The summed E-state index contributed by atoms with van der Waals surface area (Å²) in [7, 11) is 0. The van der Waals surface area contributed by atoms with Gasteiger partial charge in [-0.15, -0.1) is 0 Å². The predicted octanol–water partition coefficient (Wildman–Crippen LogP) is 0.344. The van der Waals surface area contributed by atoms with E-state index in [1.165, 1.54) is 10.9 Å². The second-order valence-electron chi connectivity index (χ2n) is 4.94. The van der Waals surface area contributed by atoms with Gasteiger partial charge in [0.15, 0.2) is 0 Å². The highest BCUT2D eigenvalue weighted by Gasteiger charge is 2.26. The summed E-state index contributed by atoms with van der Waals surface area (Å²) in [4.78, 5) is 23.0. The number of hydrogen-bond acceptors (Lipinski definition) is 4. The lowest BCUT2D eigenvalue weighted by molar-refractivity contribution is -0.119. The lowest BCUT2D eigenvalue weighted by Gasteiger charge is -2.10. The topological polar surface area (TPSA) is 102 Å². The molecular weight excluding hydrogens is 270 g/mol. The second kappa shape index (κ2) is 5.28. The molecule has 0 bridgehead atoms. The number of anilines is 2. The van der Waals surface area contributed by atoms with Gasteiger partial charge in [-0.25, -0.2) is 0 Å². The number of nitrogens with zero attached hydrogens (tertiary/aromatic N) is 2. The Balaban J connectivity index is 1.63. The summed E-state index contributed by atoms with van der Waals surface area (Å²) in [6.45, 7) is -0.0109. The van der Waals surface area contributed by atoms with Crippen LogP contribution in [0, 0.1) is 0 Å². The SMILES string of the molecule is NC(=O)Cn1cc(NC(=O)[C@@H]2Cc3ccccc3N2)cn1. The summed E-state index contributed by atoms with van der Waals surface area (Å²) in [6, 6.07) is 7.53. The van der Waals surface area contributed by atoms with E-state index in [-0.39, 0.29) is 18.5 Å². The molecular formula is C14H15N5O2. The summed E-state index contributed by atoms with van der Waals surface area (Å²) in [5.74, 6) is -0.617. The Kier molecular flexibility index (Phi) is 3.31. The van der Waals surface area contributed by atoms with E-state index in [0.717, 1.165) is 11.3 Å². The molecule has 21 heavy (non-hydrogen) atoms. The molecule has 4 N–H and O–H groups in total. The number of carbonyl (C=O) groups is 2. The van der Waals surface area contributed by atoms with E-state index >= 15 is 0 Å². The number of nitrogens with one attached hydrogen (secondary N) is 2. The van der Waals surface area contributed by atoms with Gasteiger partial charge in [-0.1, -0.05) is 18.2 Å². The van der Waals surface area contributed by atoms with Crippen molar-refractivity contribution >= 4 is 23.2 Å². The third-order valence-corrected chi connectivity index (χ3v) is 3.31. The van der Waals surface area contributed by atoms with Gasteiger partial charge < -0.3 is 16.4 Å². The van der Waals surface area contributed by atoms with Crippen LogP contribution in [0.2, 0.25) is 0 Å². The van der Waals surface area contributed by atoms with E-state index in [0.29, 0.717) is 12.1 Å². The molecule has 7 heteroatoms. The van der Waals surface area contributed by atoms with Gasteiger partial charge in [-0.3, -0.25) is 14.3 Å². The van der Waals surface area contributed by atoms with Gasteiger partial charge in [0, 0.05) is 18.3 Å². The van der Waals surface area contributed by atoms with Crippen molar-refractivity contribution in [1.82, 2.24) is 9.78 Å². The van der Waals surface area contributed by atoms with Crippen molar-refractivity contribution in [2.24, 2.45) is 5.73 Å². The molecule has 7 nitrogen and oxygen atoms in total. The number of primary amides is 1. The Morgan fingerprint density at radius 1 is 1.43 bits per heavy atom. The molecule has 0 saturated heterocycles. The number of benzene rings is 1. The third-order valence-electron chi connectivity index (χ3n) is 3.31. The van der Waals surface area contributed by atoms with Crippen LogP contribution < -0.4 is 16.4 Å². The molecule has 108 valence electrons. The zero-order valence-corrected chi connectivity index (χ0v) is 11.2. The first kappa shape index (κ1) is 13.2. The molecule has 0 spiro atoms. The molecule has 0 unspecified atom stereocenters. The molecule has 3 rings (SSSR count). The fraction of sp³-hybridized carbons (Fsp3) is 0.214. The maximum Gasteiger partial charge on any atom is 0.247 e. The number of nitrogens with two attached hydrogens (primary N) is 1. The van der Waals surface area contributed by atoms with E-state index in [1.54, 1.807) is 6.20 Å². The van der Waals surface area contributed by atoms with Gasteiger partial charge in [-0.05, 0) is 11.6 Å². The highest BCUT2D eigenvalue weighted by Crippen LogP contribution is 2.25. The number of carbonyl (C=O) groups excluding carboxylic acids is 2. The van der Waals surface area contributed by atoms with Crippen molar-refractivity contribution in [2.75, 3.05) is 10.6 Å². The summed E-state index contributed by atoms with van der Waals surface area (Å²) in [5.41, 5.74) is 7.74. The highest BCUT2D eigenvalue weighted by molar-refractivity contribution is 5.97. The largest absolute Gasteiger partial charge is 0.373 e. The van der Waals surface area contributed by atoms with Crippen LogP contribution in [0.25, 0.3) is 0 Å². The molecule has 1 aromatic heterocycles. The van der Waals surface area contributed by atoms with Crippen molar-refractivity contribution < 1.29 is 9.59 Å². The van der Waals surface area contributed by atoms with Gasteiger partial charge >= 0.3 is 0 Å². The molecule has 0 saturated carbocycles. The number of hydrogen-bond donors (Lipinski definition) is 3. The number of para-hydroxylation sites is 1. The van der Waals surface area contributed by atoms with E-state index in [4.69, 9.17) is 5.73 Å². The van der Waals surface area contributed by atoms with Crippen molar-refractivity contribution in [1.29, 1.82) is 0 Å². The third kappa shape index (κ3) is 2.86. The second-order valence-corrected chi connectivity index (χ2v) is 4.94. The summed E-state index contributed by atoms with van der Waals surface area (Å²) in [5, 5.41) is 9.91. The van der Waals surface area contributed by atoms with Crippen LogP contribution >= 0.6 is 0 Å². The number of amides is 2. The lowest BCUT2D eigenvalue weighted by Crippen LogP contribution is -2.32. The van der Waals surface area contributed by atoms with Gasteiger partial charge in [-0.2, -0.15) is 5.10 Å². The molecule has 1 aliphatic rings. The Labute approximate surface area is 121 Å². The van der Waals surface area contributed by atoms with Crippen LogP contribution in [0.1, 0.15) is 5.56 Å². The zero-order chi connectivity index (χ0) is 14.8. The van der Waals surface area contributed by atoms with E-state index in [2.05, 4.69) is 15.7 Å². The molecule has 2 amide bonds. The molecule has 0 aliphatic carbocycles. The van der Waals surface area contributed by atoms with Gasteiger partial charge in [0.05, 0.1) is 11.9 Å². The zero-order valence-electron chi connectivity index (χ0n) is 11.2. The van der Waals surface area contributed by atoms with Crippen LogP contribution in [-0.4, -0.2) is 27.6 Å². The van der Waals surface area contributed by atoms with E-state index in [9.17, 15) is 9.59 Å². The standard InChI is InChI=1S/C14H15N5O2/c15-13(20)8-19-7-10(6-16-19)17-14(21)12-5-9-3-1-2-4-11(9)18-12/h1-4,6-7,12,18H,5,8H2,(H2,15,20)(H,17,21)/t12-/m0/s1. The van der Waals surface area contributed by atoms with Crippen molar-refractivity contribution in [2.45, 2.75) is 19.0 Å². The summed E-state index contributed by atoms with van der Waals surface area (Å²) < 4.78 is 1.38. The van der Waals surface area contributed by atoms with Crippen LogP contribution in [0.4, 0.5) is 11.4 Å². The normalized spacial score (nSPS) is 16.1.